The quantitative estimate of drug-likeness (QED) is 0.534. The number of hydrogen-bond acceptors (Lipinski definition) is 6. The molecule has 2 heterocycles. The molecule has 33 heavy (non-hydrogen) atoms. The van der Waals surface area contributed by atoms with Gasteiger partial charge >= 0.3 is 0 Å². The minimum atomic E-state index is -0.358. The Balaban J connectivity index is 1.41. The van der Waals surface area contributed by atoms with Gasteiger partial charge in [-0.3, -0.25) is 19.7 Å². The number of amides is 3. The van der Waals surface area contributed by atoms with Gasteiger partial charge in [0.2, 0.25) is 16.9 Å². The van der Waals surface area contributed by atoms with Gasteiger partial charge in [-0.15, -0.1) is 10.2 Å². The molecule has 4 rings (SSSR count). The van der Waals surface area contributed by atoms with Crippen LogP contribution in [0.3, 0.4) is 0 Å². The molecular weight excluding hydrogens is 462 g/mol. The lowest BCUT2D eigenvalue weighted by Crippen LogP contribution is -2.24. The van der Waals surface area contributed by atoms with E-state index in [1.54, 1.807) is 55.1 Å². The summed E-state index contributed by atoms with van der Waals surface area (Å²) in [5.74, 6) is -0.752. The zero-order chi connectivity index (χ0) is 23.5. The number of anilines is 3. The van der Waals surface area contributed by atoms with E-state index >= 15 is 0 Å². The first-order chi connectivity index (χ1) is 15.8. The molecule has 1 aliphatic rings. The molecule has 3 amide bonds. The maximum atomic E-state index is 12.7. The van der Waals surface area contributed by atoms with E-state index in [1.165, 1.54) is 11.3 Å². The summed E-state index contributed by atoms with van der Waals surface area (Å²) in [4.78, 5) is 38.8. The molecule has 0 radical (unpaired) electrons. The SMILES string of the molecule is CC(C)C(=O)Nc1cccc(C(=O)Nc2nnc([C@@H]3CC(=O)N(c4ccc(Cl)cc4)C3)s2)c1. The van der Waals surface area contributed by atoms with E-state index < -0.39 is 0 Å². The molecule has 1 fully saturated rings. The summed E-state index contributed by atoms with van der Waals surface area (Å²) in [5, 5.41) is 15.4. The van der Waals surface area contributed by atoms with Gasteiger partial charge in [-0.05, 0) is 42.5 Å². The highest BCUT2D eigenvalue weighted by Gasteiger charge is 2.34. The molecule has 1 saturated heterocycles. The highest BCUT2D eigenvalue weighted by Crippen LogP contribution is 2.34. The molecule has 0 unspecified atom stereocenters. The minimum Gasteiger partial charge on any atom is -0.326 e. The second-order valence-corrected chi connectivity index (χ2v) is 9.45. The van der Waals surface area contributed by atoms with E-state index in [4.69, 9.17) is 11.6 Å². The highest BCUT2D eigenvalue weighted by molar-refractivity contribution is 7.15. The fourth-order valence-electron chi connectivity index (χ4n) is 3.39. The third-order valence-corrected chi connectivity index (χ3v) is 6.44. The molecule has 3 aromatic rings. The van der Waals surface area contributed by atoms with Crippen molar-refractivity contribution in [1.82, 2.24) is 10.2 Å². The van der Waals surface area contributed by atoms with Crippen molar-refractivity contribution in [2.45, 2.75) is 26.2 Å². The lowest BCUT2D eigenvalue weighted by atomic mass is 10.1. The topological polar surface area (TPSA) is 104 Å². The molecule has 1 atom stereocenters. The van der Waals surface area contributed by atoms with Crippen LogP contribution < -0.4 is 15.5 Å². The summed E-state index contributed by atoms with van der Waals surface area (Å²) < 4.78 is 0. The van der Waals surface area contributed by atoms with Gasteiger partial charge in [0.05, 0.1) is 0 Å². The molecule has 1 aliphatic heterocycles. The lowest BCUT2D eigenvalue weighted by molar-refractivity contribution is -0.119. The first-order valence-electron chi connectivity index (χ1n) is 10.4. The first kappa shape index (κ1) is 22.9. The van der Waals surface area contributed by atoms with Crippen LogP contribution >= 0.6 is 22.9 Å². The predicted molar refractivity (Wildman–Crippen MR) is 129 cm³/mol. The van der Waals surface area contributed by atoms with Gasteiger partial charge in [0.25, 0.3) is 5.91 Å². The number of aromatic nitrogens is 2. The van der Waals surface area contributed by atoms with Crippen LogP contribution in [0.5, 0.6) is 0 Å². The van der Waals surface area contributed by atoms with Gasteiger partial charge in [-0.25, -0.2) is 0 Å². The van der Waals surface area contributed by atoms with E-state index in [0.717, 1.165) is 5.69 Å². The van der Waals surface area contributed by atoms with Crippen LogP contribution in [0.15, 0.2) is 48.5 Å². The summed E-state index contributed by atoms with van der Waals surface area (Å²) in [6.07, 6.45) is 0.322. The molecule has 1 aromatic heterocycles. The summed E-state index contributed by atoms with van der Waals surface area (Å²) in [5.41, 5.74) is 1.72. The Morgan fingerprint density at radius 2 is 1.88 bits per heavy atom. The van der Waals surface area contributed by atoms with Gasteiger partial charge < -0.3 is 10.2 Å². The van der Waals surface area contributed by atoms with Crippen LogP contribution in [0.25, 0.3) is 0 Å². The molecule has 8 nitrogen and oxygen atoms in total. The Bertz CT molecular complexity index is 1190. The van der Waals surface area contributed by atoms with Crippen LogP contribution in [0.2, 0.25) is 5.02 Å². The molecule has 0 saturated carbocycles. The number of hydrogen-bond donors (Lipinski definition) is 2. The van der Waals surface area contributed by atoms with E-state index in [-0.39, 0.29) is 29.6 Å². The summed E-state index contributed by atoms with van der Waals surface area (Å²) >= 11 is 7.19. The number of nitrogens with one attached hydrogen (secondary N) is 2. The highest BCUT2D eigenvalue weighted by atomic mass is 35.5. The van der Waals surface area contributed by atoms with Crippen molar-refractivity contribution in [1.29, 1.82) is 0 Å². The Kier molecular flexibility index (Phi) is 6.71. The normalized spacial score (nSPS) is 15.7. The summed E-state index contributed by atoms with van der Waals surface area (Å²) in [6.45, 7) is 4.08. The second-order valence-electron chi connectivity index (χ2n) is 8.01. The molecule has 170 valence electrons. The molecule has 0 aliphatic carbocycles. The van der Waals surface area contributed by atoms with E-state index in [9.17, 15) is 14.4 Å². The van der Waals surface area contributed by atoms with Crippen LogP contribution in [0, 0.1) is 5.92 Å². The van der Waals surface area contributed by atoms with Crippen molar-refractivity contribution in [2.75, 3.05) is 22.1 Å². The number of benzene rings is 2. The third kappa shape index (κ3) is 5.37. The van der Waals surface area contributed by atoms with Crippen molar-refractivity contribution in [3.63, 3.8) is 0 Å². The first-order valence-corrected chi connectivity index (χ1v) is 11.6. The van der Waals surface area contributed by atoms with Gasteiger partial charge in [0.15, 0.2) is 0 Å². The van der Waals surface area contributed by atoms with Crippen molar-refractivity contribution < 1.29 is 14.4 Å². The number of halogens is 1. The average Bonchev–Trinajstić information content (AvgIpc) is 3.41. The summed E-state index contributed by atoms with van der Waals surface area (Å²) in [7, 11) is 0. The van der Waals surface area contributed by atoms with E-state index in [1.807, 2.05) is 12.1 Å². The van der Waals surface area contributed by atoms with Crippen LogP contribution in [0.4, 0.5) is 16.5 Å². The molecule has 10 heteroatoms. The van der Waals surface area contributed by atoms with Crippen molar-refractivity contribution in [2.24, 2.45) is 5.92 Å². The van der Waals surface area contributed by atoms with Crippen LogP contribution in [-0.4, -0.2) is 34.5 Å². The van der Waals surface area contributed by atoms with Gasteiger partial charge in [-0.1, -0.05) is 42.9 Å². The van der Waals surface area contributed by atoms with Crippen LogP contribution in [0.1, 0.15) is 41.6 Å². The van der Waals surface area contributed by atoms with Crippen molar-refractivity contribution >= 4 is 57.2 Å². The number of carbonyl (C=O) groups excluding carboxylic acids is 3. The number of nitrogens with zero attached hydrogens (tertiary/aromatic N) is 3. The molecular formula is C23H22ClN5O3S. The van der Waals surface area contributed by atoms with Crippen molar-refractivity contribution in [3.8, 4) is 0 Å². The number of carbonyl (C=O) groups is 3. The summed E-state index contributed by atoms with van der Waals surface area (Å²) in [6, 6.07) is 13.8. The lowest BCUT2D eigenvalue weighted by Gasteiger charge is -2.16. The molecule has 2 aromatic carbocycles. The van der Waals surface area contributed by atoms with E-state index in [2.05, 4.69) is 20.8 Å². The molecule has 0 bridgehead atoms. The monoisotopic (exact) mass is 483 g/mol. The third-order valence-electron chi connectivity index (χ3n) is 5.19. The molecule has 0 spiro atoms. The Morgan fingerprint density at radius 1 is 1.12 bits per heavy atom. The Hall–Kier alpha value is -3.30. The Morgan fingerprint density at radius 3 is 2.61 bits per heavy atom. The van der Waals surface area contributed by atoms with Crippen LogP contribution in [-0.2, 0) is 9.59 Å². The van der Waals surface area contributed by atoms with Gasteiger partial charge in [-0.2, -0.15) is 0 Å². The zero-order valence-electron chi connectivity index (χ0n) is 18.0. The van der Waals surface area contributed by atoms with E-state index in [0.29, 0.717) is 39.4 Å². The fourth-order valence-corrected chi connectivity index (χ4v) is 4.34. The standard InChI is InChI=1S/C23H22ClN5O3S/c1-13(2)20(31)25-17-5-3-4-14(10-17)21(32)26-23-28-27-22(33-23)15-11-19(30)29(12-15)18-8-6-16(24)7-9-18/h3-10,13,15H,11-12H2,1-2H3,(H,25,31)(H,26,28,32)/t15-/m1/s1. The maximum Gasteiger partial charge on any atom is 0.257 e. The minimum absolute atomic E-state index is 0.00312. The maximum absolute atomic E-state index is 12.7. The predicted octanol–water partition coefficient (Wildman–Crippen LogP) is 4.56. The largest absolute Gasteiger partial charge is 0.326 e. The Labute approximate surface area is 200 Å². The second kappa shape index (κ2) is 9.68. The number of rotatable bonds is 6. The molecule has 2 N–H and O–H groups in total. The smallest absolute Gasteiger partial charge is 0.257 e. The van der Waals surface area contributed by atoms with Crippen molar-refractivity contribution in [3.05, 3.63) is 64.1 Å². The van der Waals surface area contributed by atoms with Gasteiger partial charge in [0.1, 0.15) is 5.01 Å². The zero-order valence-corrected chi connectivity index (χ0v) is 19.6. The fraction of sp³-hybridized carbons (Fsp3) is 0.261. The van der Waals surface area contributed by atoms with Gasteiger partial charge in [0, 0.05) is 46.8 Å². The average molecular weight is 484 g/mol.